The first-order valence-electron chi connectivity index (χ1n) is 12.8. The van der Waals surface area contributed by atoms with Gasteiger partial charge in [0.25, 0.3) is 5.91 Å². The maximum atomic E-state index is 13.4. The van der Waals surface area contributed by atoms with Crippen molar-refractivity contribution < 1.29 is 14.3 Å². The number of esters is 1. The van der Waals surface area contributed by atoms with Crippen molar-refractivity contribution in [2.24, 2.45) is 11.0 Å². The highest BCUT2D eigenvalue weighted by atomic mass is 32.2. The van der Waals surface area contributed by atoms with Crippen LogP contribution in [0.5, 0.6) is 0 Å². The number of aromatic nitrogens is 2. The lowest BCUT2D eigenvalue weighted by atomic mass is 9.77. The molecule has 8 heteroatoms. The van der Waals surface area contributed by atoms with E-state index in [1.165, 1.54) is 16.8 Å². The van der Waals surface area contributed by atoms with Crippen molar-refractivity contribution in [1.29, 1.82) is 0 Å². The van der Waals surface area contributed by atoms with E-state index in [4.69, 9.17) is 9.84 Å². The van der Waals surface area contributed by atoms with Gasteiger partial charge in [-0.25, -0.2) is 15.0 Å². The number of carbonyl (C=O) groups excluding carboxylic acids is 2. The fraction of sp³-hybridized carbons (Fsp3) is 0.300. The molecule has 2 atom stereocenters. The number of rotatable bonds is 7. The maximum absolute atomic E-state index is 13.4. The van der Waals surface area contributed by atoms with E-state index in [0.29, 0.717) is 5.16 Å². The number of fused-ring (bicyclic) bond motifs is 1. The molecule has 0 spiro atoms. The Morgan fingerprint density at radius 1 is 1.03 bits per heavy atom. The standard InChI is InChI=1S/C30H30N4O3S/c1-20-16-21(2)32-30(31-20)38-19-27(36)37-18-26(35)34-29(23-12-7-4-8-13-23)25-15-9-14-24(28(25)33-34)17-22-10-5-3-6-11-22/h3-8,10-13,16-17,25,29H,9,14-15,18-19H2,1-2H3. The van der Waals surface area contributed by atoms with Gasteiger partial charge in [-0.15, -0.1) is 0 Å². The fourth-order valence-corrected chi connectivity index (χ4v) is 5.82. The van der Waals surface area contributed by atoms with E-state index < -0.39 is 5.97 Å². The molecule has 194 valence electrons. The number of benzene rings is 2. The zero-order valence-electron chi connectivity index (χ0n) is 21.5. The summed E-state index contributed by atoms with van der Waals surface area (Å²) in [7, 11) is 0. The minimum Gasteiger partial charge on any atom is -0.455 e. The van der Waals surface area contributed by atoms with Crippen LogP contribution in [0.25, 0.3) is 6.08 Å². The van der Waals surface area contributed by atoms with E-state index in [2.05, 4.69) is 28.2 Å². The van der Waals surface area contributed by atoms with Crippen LogP contribution in [0.1, 0.15) is 47.8 Å². The molecule has 0 bridgehead atoms. The van der Waals surface area contributed by atoms with Crippen molar-refractivity contribution >= 4 is 35.4 Å². The highest BCUT2D eigenvalue weighted by Crippen LogP contribution is 2.44. The predicted molar refractivity (Wildman–Crippen MR) is 148 cm³/mol. The van der Waals surface area contributed by atoms with Gasteiger partial charge in [0, 0.05) is 17.3 Å². The molecule has 0 saturated heterocycles. The number of aryl methyl sites for hydroxylation is 2. The van der Waals surface area contributed by atoms with Crippen LogP contribution < -0.4 is 0 Å². The number of ether oxygens (including phenoxy) is 1. The average Bonchev–Trinajstić information content (AvgIpc) is 3.32. The fourth-order valence-electron chi connectivity index (χ4n) is 5.07. The molecule has 3 aromatic rings. The summed E-state index contributed by atoms with van der Waals surface area (Å²) in [5.74, 6) is -0.700. The summed E-state index contributed by atoms with van der Waals surface area (Å²) < 4.78 is 5.37. The van der Waals surface area contributed by atoms with Gasteiger partial charge in [-0.2, -0.15) is 5.10 Å². The number of amides is 1. The van der Waals surface area contributed by atoms with Gasteiger partial charge in [0.05, 0.1) is 17.5 Å². The molecule has 5 rings (SSSR count). The number of hydrogen-bond donors (Lipinski definition) is 0. The lowest BCUT2D eigenvalue weighted by molar-refractivity contribution is -0.151. The van der Waals surface area contributed by atoms with Gasteiger partial charge in [-0.1, -0.05) is 72.4 Å². The van der Waals surface area contributed by atoms with E-state index >= 15 is 0 Å². The molecule has 1 amide bonds. The number of nitrogens with zero attached hydrogens (tertiary/aromatic N) is 4. The molecule has 2 aliphatic rings. The lowest BCUT2D eigenvalue weighted by Gasteiger charge is -2.29. The Hall–Kier alpha value is -3.78. The van der Waals surface area contributed by atoms with Crippen LogP contribution >= 0.6 is 11.8 Å². The number of thioether (sulfide) groups is 1. The average molecular weight is 527 g/mol. The summed E-state index contributed by atoms with van der Waals surface area (Å²) in [5, 5.41) is 6.90. The van der Waals surface area contributed by atoms with Gasteiger partial charge in [0.1, 0.15) is 0 Å². The minimum atomic E-state index is -0.490. The summed E-state index contributed by atoms with van der Waals surface area (Å²) in [6.45, 7) is 3.40. The number of hydrogen-bond acceptors (Lipinski definition) is 7. The molecular weight excluding hydrogens is 496 g/mol. The Labute approximate surface area is 227 Å². The van der Waals surface area contributed by atoms with Gasteiger partial charge in [-0.3, -0.25) is 9.59 Å². The van der Waals surface area contributed by atoms with Crippen LogP contribution in [-0.2, 0) is 14.3 Å². The minimum absolute atomic E-state index is 0.0272. The molecule has 1 aromatic heterocycles. The van der Waals surface area contributed by atoms with Crippen LogP contribution in [0.15, 0.2) is 82.6 Å². The highest BCUT2D eigenvalue weighted by molar-refractivity contribution is 7.99. The van der Waals surface area contributed by atoms with E-state index in [1.54, 1.807) is 0 Å². The van der Waals surface area contributed by atoms with Crippen molar-refractivity contribution in [3.05, 3.63) is 94.8 Å². The second kappa shape index (κ2) is 11.7. The van der Waals surface area contributed by atoms with E-state index in [1.807, 2.05) is 68.4 Å². The van der Waals surface area contributed by atoms with Crippen molar-refractivity contribution in [1.82, 2.24) is 15.0 Å². The summed E-state index contributed by atoms with van der Waals surface area (Å²) in [6.07, 6.45) is 5.06. The van der Waals surface area contributed by atoms with Gasteiger partial charge < -0.3 is 4.74 Å². The van der Waals surface area contributed by atoms with Crippen molar-refractivity contribution in [2.45, 2.75) is 44.3 Å². The molecule has 1 aliphatic carbocycles. The molecule has 0 radical (unpaired) electrons. The first kappa shape index (κ1) is 25.9. The van der Waals surface area contributed by atoms with E-state index in [0.717, 1.165) is 53.1 Å². The first-order valence-corrected chi connectivity index (χ1v) is 13.8. The Morgan fingerprint density at radius 3 is 2.42 bits per heavy atom. The van der Waals surface area contributed by atoms with Gasteiger partial charge in [0.15, 0.2) is 11.8 Å². The number of allylic oxidation sites excluding steroid dienone is 1. The summed E-state index contributed by atoms with van der Waals surface area (Å²) in [4.78, 5) is 34.5. The molecule has 2 aromatic carbocycles. The van der Waals surface area contributed by atoms with Crippen LogP contribution in [0.4, 0.5) is 0 Å². The predicted octanol–water partition coefficient (Wildman–Crippen LogP) is 5.55. The van der Waals surface area contributed by atoms with Gasteiger partial charge in [-0.05, 0) is 62.0 Å². The van der Waals surface area contributed by atoms with Crippen molar-refractivity contribution in [3.63, 3.8) is 0 Å². The Bertz CT molecular complexity index is 1350. The van der Waals surface area contributed by atoms with Gasteiger partial charge in [0.2, 0.25) is 0 Å². The molecule has 2 unspecified atom stereocenters. The second-order valence-electron chi connectivity index (χ2n) is 9.54. The molecular formula is C30H30N4O3S. The smallest absolute Gasteiger partial charge is 0.316 e. The van der Waals surface area contributed by atoms with Crippen molar-refractivity contribution in [3.8, 4) is 0 Å². The van der Waals surface area contributed by atoms with Gasteiger partial charge >= 0.3 is 5.97 Å². The van der Waals surface area contributed by atoms with Crippen LogP contribution in [0.3, 0.4) is 0 Å². The molecule has 7 nitrogen and oxygen atoms in total. The highest BCUT2D eigenvalue weighted by Gasteiger charge is 2.43. The second-order valence-corrected chi connectivity index (χ2v) is 10.5. The molecule has 1 saturated carbocycles. The summed E-state index contributed by atoms with van der Waals surface area (Å²) in [6, 6.07) is 21.8. The quantitative estimate of drug-likeness (QED) is 0.228. The van der Waals surface area contributed by atoms with E-state index in [9.17, 15) is 9.59 Å². The molecule has 1 fully saturated rings. The molecule has 0 N–H and O–H groups in total. The first-order chi connectivity index (χ1) is 18.5. The SMILES string of the molecule is Cc1cc(C)nc(SCC(=O)OCC(=O)N2N=C3C(=Cc4ccccc4)CCCC3C2c2ccccc2)n1. The summed E-state index contributed by atoms with van der Waals surface area (Å²) in [5.41, 5.74) is 5.93. The van der Waals surface area contributed by atoms with Crippen LogP contribution in [-0.4, -0.2) is 44.9 Å². The van der Waals surface area contributed by atoms with Crippen LogP contribution in [0.2, 0.25) is 0 Å². The number of carbonyl (C=O) groups is 2. The zero-order chi connectivity index (χ0) is 26.5. The zero-order valence-corrected chi connectivity index (χ0v) is 22.4. The van der Waals surface area contributed by atoms with Crippen molar-refractivity contribution in [2.75, 3.05) is 12.4 Å². The molecule has 2 heterocycles. The largest absolute Gasteiger partial charge is 0.455 e. The molecule has 38 heavy (non-hydrogen) atoms. The summed E-state index contributed by atoms with van der Waals surface area (Å²) >= 11 is 1.20. The monoisotopic (exact) mass is 526 g/mol. The third-order valence-corrected chi connectivity index (χ3v) is 7.50. The van der Waals surface area contributed by atoms with E-state index in [-0.39, 0.29) is 30.2 Å². The topological polar surface area (TPSA) is 84.8 Å². The third-order valence-electron chi connectivity index (χ3n) is 6.68. The Balaban J connectivity index is 1.31. The number of hydrazone groups is 1. The molecule has 1 aliphatic heterocycles. The maximum Gasteiger partial charge on any atom is 0.316 e. The van der Waals surface area contributed by atoms with Crippen LogP contribution in [0, 0.1) is 19.8 Å². The third kappa shape index (κ3) is 6.02. The normalized spacial score (nSPS) is 19.7. The Kier molecular flexibility index (Phi) is 7.98. The lowest BCUT2D eigenvalue weighted by Crippen LogP contribution is -2.34. The Morgan fingerprint density at radius 2 is 1.71 bits per heavy atom.